The number of hydrogen-bond acceptors (Lipinski definition) is 4. The highest BCUT2D eigenvalue weighted by Gasteiger charge is 2.29. The first-order valence-corrected chi connectivity index (χ1v) is 12.1. The Bertz CT molecular complexity index is 991. The summed E-state index contributed by atoms with van der Waals surface area (Å²) in [6, 6.07) is 13.9. The molecule has 6 nitrogen and oxygen atoms in total. The molecule has 8 heteroatoms. The van der Waals surface area contributed by atoms with Gasteiger partial charge in [-0.15, -0.1) is 0 Å². The normalized spacial score (nSPS) is 20.5. The summed E-state index contributed by atoms with van der Waals surface area (Å²) >= 11 is 12.4. The largest absolute Gasteiger partial charge is 0.369 e. The summed E-state index contributed by atoms with van der Waals surface area (Å²) in [6.07, 6.45) is 2.25. The van der Waals surface area contributed by atoms with E-state index < -0.39 is 0 Å². The molecule has 2 saturated heterocycles. The lowest BCUT2D eigenvalue weighted by Gasteiger charge is -2.37. The van der Waals surface area contributed by atoms with Crippen LogP contribution in [-0.4, -0.2) is 67.0 Å². The van der Waals surface area contributed by atoms with E-state index in [1.165, 1.54) is 5.56 Å². The molecule has 2 heterocycles. The summed E-state index contributed by atoms with van der Waals surface area (Å²) < 4.78 is 5.49. The third-order valence-corrected chi connectivity index (χ3v) is 7.04. The number of carbonyl (C=O) groups excluding carboxylic acids is 2. The van der Waals surface area contributed by atoms with Crippen molar-refractivity contribution in [2.75, 3.05) is 39.3 Å². The number of halogens is 2. The van der Waals surface area contributed by atoms with Crippen LogP contribution in [0.1, 0.15) is 30.7 Å². The highest BCUT2D eigenvalue weighted by Crippen LogP contribution is 2.33. The lowest BCUT2D eigenvalue weighted by Crippen LogP contribution is -2.50. The number of ketones is 1. The molecule has 176 valence electrons. The number of hydrogen-bond donors (Lipinski definition) is 1. The van der Waals surface area contributed by atoms with Crippen LogP contribution in [0.25, 0.3) is 11.1 Å². The minimum Gasteiger partial charge on any atom is -0.369 e. The fourth-order valence-corrected chi connectivity index (χ4v) is 5.06. The molecular formula is C25H29Cl2N3O3. The zero-order chi connectivity index (χ0) is 23.4. The van der Waals surface area contributed by atoms with Crippen LogP contribution < -0.4 is 5.73 Å². The number of Topliss-reactive ketones (excluding diaryl/α,β-unsaturated/α-hetero) is 1. The summed E-state index contributed by atoms with van der Waals surface area (Å²) in [5.74, 6) is 0.310. The second-order valence-electron chi connectivity index (χ2n) is 8.71. The zero-order valence-corrected chi connectivity index (χ0v) is 20.0. The summed E-state index contributed by atoms with van der Waals surface area (Å²) in [5.41, 5.74) is 8.97. The van der Waals surface area contributed by atoms with Gasteiger partial charge in [0.1, 0.15) is 6.61 Å². The van der Waals surface area contributed by atoms with Crippen LogP contribution in [0.4, 0.5) is 4.79 Å². The lowest BCUT2D eigenvalue weighted by atomic mass is 9.88. The third-order valence-electron chi connectivity index (χ3n) is 6.49. The van der Waals surface area contributed by atoms with Crippen molar-refractivity contribution in [1.82, 2.24) is 9.80 Å². The number of ether oxygens (including phenoxy) is 1. The number of nitrogens with zero attached hydrogens (tertiary/aromatic N) is 2. The minimum absolute atomic E-state index is 0.0188. The summed E-state index contributed by atoms with van der Waals surface area (Å²) in [5, 5.41) is 1.25. The highest BCUT2D eigenvalue weighted by atomic mass is 35.5. The Labute approximate surface area is 204 Å². The Hall–Kier alpha value is -2.12. The van der Waals surface area contributed by atoms with Gasteiger partial charge in [0.05, 0.1) is 12.6 Å². The molecule has 2 aliphatic heterocycles. The molecular weight excluding hydrogens is 461 g/mol. The Morgan fingerprint density at radius 3 is 2.36 bits per heavy atom. The molecule has 2 aromatic carbocycles. The van der Waals surface area contributed by atoms with Crippen molar-refractivity contribution in [2.45, 2.75) is 31.3 Å². The summed E-state index contributed by atoms with van der Waals surface area (Å²) in [6.45, 7) is 2.31. The van der Waals surface area contributed by atoms with Crippen LogP contribution in [0.5, 0.6) is 0 Å². The molecule has 2 N–H and O–H groups in total. The van der Waals surface area contributed by atoms with Gasteiger partial charge in [0.15, 0.2) is 5.78 Å². The van der Waals surface area contributed by atoms with Gasteiger partial charge in [-0.3, -0.25) is 4.79 Å². The second kappa shape index (κ2) is 10.9. The Kier molecular flexibility index (Phi) is 7.91. The summed E-state index contributed by atoms with van der Waals surface area (Å²) in [7, 11) is 0. The first-order valence-electron chi connectivity index (χ1n) is 11.4. The molecule has 0 aliphatic carbocycles. The van der Waals surface area contributed by atoms with Crippen LogP contribution in [-0.2, 0) is 9.53 Å². The van der Waals surface area contributed by atoms with Gasteiger partial charge in [0, 0.05) is 41.8 Å². The number of rotatable bonds is 3. The number of carbonyl (C=O) groups is 2. The number of amides is 2. The molecule has 0 spiro atoms. The Balaban J connectivity index is 1.35. The average Bonchev–Trinajstić information content (AvgIpc) is 2.82. The van der Waals surface area contributed by atoms with E-state index in [1.807, 2.05) is 17.0 Å². The zero-order valence-electron chi connectivity index (χ0n) is 18.5. The van der Waals surface area contributed by atoms with E-state index >= 15 is 0 Å². The average molecular weight is 490 g/mol. The maximum Gasteiger partial charge on any atom is 0.320 e. The molecule has 1 atom stereocenters. The predicted molar refractivity (Wildman–Crippen MR) is 131 cm³/mol. The smallest absolute Gasteiger partial charge is 0.320 e. The SMILES string of the molecule is NC[C@@H]1CCN(C(=O)N2CCC(c3ccc(-c4ccc(Cl)cc4Cl)cc3)CC2)CC(=O)CO1. The monoisotopic (exact) mass is 489 g/mol. The van der Waals surface area contributed by atoms with Crippen molar-refractivity contribution in [3.8, 4) is 11.1 Å². The molecule has 2 amide bonds. The van der Waals surface area contributed by atoms with Crippen molar-refractivity contribution in [3.63, 3.8) is 0 Å². The van der Waals surface area contributed by atoms with Crippen LogP contribution in [0.3, 0.4) is 0 Å². The van der Waals surface area contributed by atoms with E-state index in [2.05, 4.69) is 24.3 Å². The van der Waals surface area contributed by atoms with Crippen molar-refractivity contribution in [2.24, 2.45) is 5.73 Å². The molecule has 0 bridgehead atoms. The molecule has 0 saturated carbocycles. The molecule has 0 unspecified atom stereocenters. The molecule has 2 aliphatic rings. The predicted octanol–water partition coefficient (Wildman–Crippen LogP) is 4.58. The van der Waals surface area contributed by atoms with Crippen molar-refractivity contribution in [1.29, 1.82) is 0 Å². The molecule has 4 rings (SSSR count). The summed E-state index contributed by atoms with van der Waals surface area (Å²) in [4.78, 5) is 28.7. The van der Waals surface area contributed by atoms with Crippen LogP contribution in [0.15, 0.2) is 42.5 Å². The lowest BCUT2D eigenvalue weighted by molar-refractivity contribution is -0.128. The van der Waals surface area contributed by atoms with Gasteiger partial charge >= 0.3 is 6.03 Å². The third kappa shape index (κ3) is 5.87. The van der Waals surface area contributed by atoms with Gasteiger partial charge in [-0.25, -0.2) is 4.79 Å². The van der Waals surface area contributed by atoms with E-state index in [1.54, 1.807) is 11.0 Å². The fourth-order valence-electron chi connectivity index (χ4n) is 4.54. The first kappa shape index (κ1) is 24.0. The highest BCUT2D eigenvalue weighted by molar-refractivity contribution is 6.36. The van der Waals surface area contributed by atoms with E-state index in [-0.39, 0.29) is 31.1 Å². The maximum atomic E-state index is 13.1. The standard InChI is InChI=1S/C25H29Cl2N3O3/c26-20-5-6-23(24(27)13-20)19-3-1-17(2-4-19)18-7-10-29(11-8-18)25(32)30-12-9-22(14-28)33-16-21(31)15-30/h1-6,13,18,22H,7-12,14-16,28H2/t22-/m0/s1. The number of likely N-dealkylation sites (tertiary alicyclic amines) is 1. The van der Waals surface area contributed by atoms with Gasteiger partial charge in [0.2, 0.25) is 0 Å². The van der Waals surface area contributed by atoms with Gasteiger partial charge < -0.3 is 20.3 Å². The molecule has 2 aromatic rings. The van der Waals surface area contributed by atoms with Crippen LogP contribution in [0.2, 0.25) is 10.0 Å². The van der Waals surface area contributed by atoms with E-state index in [4.69, 9.17) is 33.7 Å². The van der Waals surface area contributed by atoms with Gasteiger partial charge in [-0.05, 0) is 48.4 Å². The first-order chi connectivity index (χ1) is 15.9. The van der Waals surface area contributed by atoms with E-state index in [9.17, 15) is 9.59 Å². The van der Waals surface area contributed by atoms with Gasteiger partial charge in [-0.2, -0.15) is 0 Å². The second-order valence-corrected chi connectivity index (χ2v) is 9.55. The quantitative estimate of drug-likeness (QED) is 0.684. The van der Waals surface area contributed by atoms with Gasteiger partial charge in [-0.1, -0.05) is 53.5 Å². The molecule has 2 fully saturated rings. The molecule has 33 heavy (non-hydrogen) atoms. The number of piperidine rings is 1. The van der Waals surface area contributed by atoms with E-state index in [0.29, 0.717) is 48.6 Å². The van der Waals surface area contributed by atoms with Crippen molar-refractivity contribution >= 4 is 35.0 Å². The fraction of sp³-hybridized carbons (Fsp3) is 0.440. The molecule has 0 radical (unpaired) electrons. The number of urea groups is 1. The van der Waals surface area contributed by atoms with Crippen LogP contribution in [0, 0.1) is 0 Å². The van der Waals surface area contributed by atoms with E-state index in [0.717, 1.165) is 24.0 Å². The maximum absolute atomic E-state index is 13.1. The number of benzene rings is 2. The van der Waals surface area contributed by atoms with Crippen molar-refractivity contribution < 1.29 is 14.3 Å². The van der Waals surface area contributed by atoms with Gasteiger partial charge in [0.25, 0.3) is 0 Å². The molecule has 0 aromatic heterocycles. The topological polar surface area (TPSA) is 75.9 Å². The number of nitrogens with two attached hydrogens (primary N) is 1. The Morgan fingerprint density at radius 1 is 1.00 bits per heavy atom. The van der Waals surface area contributed by atoms with Crippen molar-refractivity contribution in [3.05, 3.63) is 58.1 Å². The van der Waals surface area contributed by atoms with Crippen LogP contribution >= 0.6 is 23.2 Å². The Morgan fingerprint density at radius 2 is 1.70 bits per heavy atom. The minimum atomic E-state index is -0.180.